The Balaban J connectivity index is 2.27. The molecule has 0 spiro atoms. The number of nitrogens with one attached hydrogen (secondary N) is 1. The first-order chi connectivity index (χ1) is 9.54. The zero-order valence-electron chi connectivity index (χ0n) is 12.1. The van der Waals surface area contributed by atoms with Gasteiger partial charge in [0, 0.05) is 18.7 Å². The molecule has 1 heterocycles. The number of nitrogens with zero attached hydrogens (tertiary/aromatic N) is 1. The molecule has 0 aliphatic carbocycles. The van der Waals surface area contributed by atoms with Crippen LogP contribution in [0.25, 0.3) is 0 Å². The van der Waals surface area contributed by atoms with E-state index in [1.165, 1.54) is 0 Å². The van der Waals surface area contributed by atoms with Gasteiger partial charge in [-0.1, -0.05) is 19.9 Å². The molecule has 0 aromatic heterocycles. The van der Waals surface area contributed by atoms with Gasteiger partial charge in [0.2, 0.25) is 5.91 Å². The van der Waals surface area contributed by atoms with Crippen molar-refractivity contribution in [3.05, 3.63) is 29.8 Å². The SMILES string of the molecule is COc1cccc(C(=O)N2CCNC(=O)C2C(C)C)c1. The first-order valence-electron chi connectivity index (χ1n) is 6.77. The van der Waals surface area contributed by atoms with Gasteiger partial charge in [0.1, 0.15) is 11.8 Å². The Bertz CT molecular complexity index is 514. The molecule has 1 saturated heterocycles. The van der Waals surface area contributed by atoms with E-state index in [1.807, 2.05) is 13.8 Å². The first-order valence-corrected chi connectivity index (χ1v) is 6.77. The molecule has 5 nitrogen and oxygen atoms in total. The summed E-state index contributed by atoms with van der Waals surface area (Å²) in [5.74, 6) is 0.503. The number of methoxy groups -OCH3 is 1. The third-order valence-electron chi connectivity index (χ3n) is 3.47. The number of hydrogen-bond donors (Lipinski definition) is 1. The Morgan fingerprint density at radius 3 is 2.85 bits per heavy atom. The van der Waals surface area contributed by atoms with Crippen molar-refractivity contribution in [3.8, 4) is 5.75 Å². The van der Waals surface area contributed by atoms with Crippen molar-refractivity contribution in [2.24, 2.45) is 5.92 Å². The standard InChI is InChI=1S/C15H20N2O3/c1-10(2)13-14(18)16-7-8-17(13)15(19)11-5-4-6-12(9-11)20-3/h4-6,9-10,13H,7-8H2,1-3H3,(H,16,18). The maximum absolute atomic E-state index is 12.6. The fourth-order valence-corrected chi connectivity index (χ4v) is 2.50. The Morgan fingerprint density at radius 1 is 1.45 bits per heavy atom. The normalized spacial score (nSPS) is 18.9. The van der Waals surface area contributed by atoms with Crippen molar-refractivity contribution in [2.45, 2.75) is 19.9 Å². The molecular weight excluding hydrogens is 256 g/mol. The molecule has 1 aliphatic heterocycles. The predicted octanol–water partition coefficient (Wildman–Crippen LogP) is 1.29. The van der Waals surface area contributed by atoms with E-state index in [9.17, 15) is 9.59 Å². The second-order valence-corrected chi connectivity index (χ2v) is 5.21. The van der Waals surface area contributed by atoms with Gasteiger partial charge in [0.15, 0.2) is 0 Å². The van der Waals surface area contributed by atoms with Crippen molar-refractivity contribution < 1.29 is 14.3 Å². The summed E-state index contributed by atoms with van der Waals surface area (Å²) in [4.78, 5) is 26.2. The second-order valence-electron chi connectivity index (χ2n) is 5.21. The van der Waals surface area contributed by atoms with Crippen LogP contribution in [0.1, 0.15) is 24.2 Å². The zero-order chi connectivity index (χ0) is 14.7. The van der Waals surface area contributed by atoms with Gasteiger partial charge in [-0.25, -0.2) is 0 Å². The van der Waals surface area contributed by atoms with Crippen LogP contribution in [0.5, 0.6) is 5.75 Å². The molecule has 1 atom stereocenters. The molecule has 2 rings (SSSR count). The summed E-state index contributed by atoms with van der Waals surface area (Å²) >= 11 is 0. The van der Waals surface area contributed by atoms with E-state index in [-0.39, 0.29) is 17.7 Å². The van der Waals surface area contributed by atoms with Crippen LogP contribution in [0, 0.1) is 5.92 Å². The van der Waals surface area contributed by atoms with Crippen LogP contribution >= 0.6 is 0 Å². The molecule has 0 radical (unpaired) electrons. The molecule has 1 unspecified atom stereocenters. The van der Waals surface area contributed by atoms with Gasteiger partial charge in [0.25, 0.3) is 5.91 Å². The van der Waals surface area contributed by atoms with Crippen LogP contribution in [0.3, 0.4) is 0 Å². The lowest BCUT2D eigenvalue weighted by Crippen LogP contribution is -2.59. The lowest BCUT2D eigenvalue weighted by Gasteiger charge is -2.37. The molecule has 0 bridgehead atoms. The van der Waals surface area contributed by atoms with Crippen molar-refractivity contribution in [1.29, 1.82) is 0 Å². The van der Waals surface area contributed by atoms with Crippen LogP contribution in [0.15, 0.2) is 24.3 Å². The summed E-state index contributed by atoms with van der Waals surface area (Å²) in [5, 5.41) is 2.81. The molecule has 1 N–H and O–H groups in total. The maximum atomic E-state index is 12.6. The highest BCUT2D eigenvalue weighted by molar-refractivity contribution is 5.98. The molecule has 2 amide bonds. The van der Waals surface area contributed by atoms with Gasteiger partial charge in [-0.2, -0.15) is 0 Å². The van der Waals surface area contributed by atoms with Gasteiger partial charge >= 0.3 is 0 Å². The number of piperazine rings is 1. The smallest absolute Gasteiger partial charge is 0.254 e. The number of benzene rings is 1. The number of amides is 2. The first kappa shape index (κ1) is 14.4. The molecule has 1 aromatic rings. The van der Waals surface area contributed by atoms with Gasteiger partial charge in [-0.05, 0) is 24.1 Å². The summed E-state index contributed by atoms with van der Waals surface area (Å²) in [6.45, 7) is 4.92. The Morgan fingerprint density at radius 2 is 2.20 bits per heavy atom. The second kappa shape index (κ2) is 5.94. The van der Waals surface area contributed by atoms with Gasteiger partial charge in [0.05, 0.1) is 7.11 Å². The van der Waals surface area contributed by atoms with Gasteiger partial charge in [-0.15, -0.1) is 0 Å². The number of ether oxygens (including phenoxy) is 1. The number of carbonyl (C=O) groups is 2. The minimum atomic E-state index is -0.414. The third kappa shape index (κ3) is 2.76. The fourth-order valence-electron chi connectivity index (χ4n) is 2.50. The largest absolute Gasteiger partial charge is 0.497 e. The molecule has 20 heavy (non-hydrogen) atoms. The Labute approximate surface area is 118 Å². The molecule has 108 valence electrons. The van der Waals surface area contributed by atoms with Crippen molar-refractivity contribution in [1.82, 2.24) is 10.2 Å². The number of rotatable bonds is 3. The minimum absolute atomic E-state index is 0.0739. The quantitative estimate of drug-likeness (QED) is 0.905. The number of hydrogen-bond acceptors (Lipinski definition) is 3. The molecule has 1 aromatic carbocycles. The maximum Gasteiger partial charge on any atom is 0.254 e. The molecular formula is C15H20N2O3. The van der Waals surface area contributed by atoms with E-state index in [1.54, 1.807) is 36.3 Å². The van der Waals surface area contributed by atoms with E-state index in [2.05, 4.69) is 5.32 Å². The highest BCUT2D eigenvalue weighted by atomic mass is 16.5. The Hall–Kier alpha value is -2.04. The van der Waals surface area contributed by atoms with E-state index in [4.69, 9.17) is 4.74 Å². The van der Waals surface area contributed by atoms with Crippen molar-refractivity contribution >= 4 is 11.8 Å². The van der Waals surface area contributed by atoms with Crippen LogP contribution in [0.4, 0.5) is 0 Å². The molecule has 1 aliphatic rings. The van der Waals surface area contributed by atoms with Crippen LogP contribution in [-0.2, 0) is 4.79 Å². The lowest BCUT2D eigenvalue weighted by atomic mass is 9.98. The monoisotopic (exact) mass is 276 g/mol. The van der Waals surface area contributed by atoms with Crippen molar-refractivity contribution in [2.75, 3.05) is 20.2 Å². The van der Waals surface area contributed by atoms with Crippen LogP contribution in [-0.4, -0.2) is 43.0 Å². The minimum Gasteiger partial charge on any atom is -0.497 e. The van der Waals surface area contributed by atoms with E-state index >= 15 is 0 Å². The summed E-state index contributed by atoms with van der Waals surface area (Å²) in [6.07, 6.45) is 0. The van der Waals surface area contributed by atoms with E-state index in [0.717, 1.165) is 0 Å². The average molecular weight is 276 g/mol. The third-order valence-corrected chi connectivity index (χ3v) is 3.47. The molecule has 5 heteroatoms. The van der Waals surface area contributed by atoms with Crippen molar-refractivity contribution in [3.63, 3.8) is 0 Å². The summed E-state index contributed by atoms with van der Waals surface area (Å²) in [7, 11) is 1.56. The van der Waals surface area contributed by atoms with Crippen LogP contribution < -0.4 is 10.1 Å². The van der Waals surface area contributed by atoms with Crippen LogP contribution in [0.2, 0.25) is 0 Å². The average Bonchev–Trinajstić information content (AvgIpc) is 2.45. The fraction of sp³-hybridized carbons (Fsp3) is 0.467. The van der Waals surface area contributed by atoms with E-state index < -0.39 is 6.04 Å². The van der Waals surface area contributed by atoms with E-state index in [0.29, 0.717) is 24.4 Å². The molecule has 0 saturated carbocycles. The Kier molecular flexibility index (Phi) is 4.27. The predicted molar refractivity (Wildman–Crippen MR) is 75.7 cm³/mol. The summed E-state index contributed by atoms with van der Waals surface area (Å²) < 4.78 is 5.14. The highest BCUT2D eigenvalue weighted by Crippen LogP contribution is 2.20. The van der Waals surface area contributed by atoms with Gasteiger partial charge in [-0.3, -0.25) is 9.59 Å². The zero-order valence-corrected chi connectivity index (χ0v) is 12.1. The topological polar surface area (TPSA) is 58.6 Å². The summed E-state index contributed by atoms with van der Waals surface area (Å²) in [5.41, 5.74) is 0.546. The molecule has 1 fully saturated rings. The lowest BCUT2D eigenvalue weighted by molar-refractivity contribution is -0.129. The highest BCUT2D eigenvalue weighted by Gasteiger charge is 2.35. The number of carbonyl (C=O) groups excluding carboxylic acids is 2. The van der Waals surface area contributed by atoms with Gasteiger partial charge < -0.3 is 15.0 Å². The summed E-state index contributed by atoms with van der Waals surface area (Å²) in [6, 6.07) is 6.60.